The molecule has 5 heteroatoms. The third-order valence-corrected chi connectivity index (χ3v) is 4.59. The number of para-hydroxylation sites is 1. The number of rotatable bonds is 7. The minimum atomic E-state index is 0. The number of benzene rings is 1. The van der Waals surface area contributed by atoms with Crippen LogP contribution in [-0.2, 0) is 6.54 Å². The molecule has 0 aliphatic heterocycles. The van der Waals surface area contributed by atoms with Gasteiger partial charge in [0.2, 0.25) is 0 Å². The van der Waals surface area contributed by atoms with Crippen LogP contribution in [0.5, 0.6) is 5.75 Å². The Bertz CT molecular complexity index is 525. The van der Waals surface area contributed by atoms with E-state index in [-0.39, 0.29) is 24.0 Å². The van der Waals surface area contributed by atoms with Crippen LogP contribution in [0.1, 0.15) is 51.0 Å². The van der Waals surface area contributed by atoms with E-state index in [1.54, 1.807) is 0 Å². The summed E-state index contributed by atoms with van der Waals surface area (Å²) in [4.78, 5) is 4.77. The number of halogens is 1. The van der Waals surface area contributed by atoms with Gasteiger partial charge in [-0.05, 0) is 44.6 Å². The maximum atomic E-state index is 5.98. The van der Waals surface area contributed by atoms with Crippen LogP contribution in [0.2, 0.25) is 0 Å². The van der Waals surface area contributed by atoms with Crippen LogP contribution in [0.4, 0.5) is 0 Å². The third kappa shape index (κ3) is 6.15. The van der Waals surface area contributed by atoms with Crippen LogP contribution < -0.4 is 15.4 Å². The zero-order valence-electron chi connectivity index (χ0n) is 14.6. The third-order valence-electron chi connectivity index (χ3n) is 4.59. The molecule has 0 bridgehead atoms. The molecule has 2 saturated carbocycles. The lowest BCUT2D eigenvalue weighted by Gasteiger charge is -2.17. The van der Waals surface area contributed by atoms with Gasteiger partial charge in [0, 0.05) is 18.2 Å². The summed E-state index contributed by atoms with van der Waals surface area (Å²) in [6.07, 6.45) is 7.80. The standard InChI is InChI=1S/C19H29N3O.HI/c1-2-20-19(22-17-8-4-5-9-17)21-13-16-7-3-6-10-18(16)23-14-15-11-12-15;/h3,6-7,10,15,17H,2,4-5,8-9,11-14H2,1H3,(H2,20,21,22);1H. The Labute approximate surface area is 162 Å². The van der Waals surface area contributed by atoms with E-state index in [2.05, 4.69) is 35.8 Å². The maximum absolute atomic E-state index is 5.98. The van der Waals surface area contributed by atoms with Crippen LogP contribution in [0.25, 0.3) is 0 Å². The van der Waals surface area contributed by atoms with Crippen LogP contribution in [0.15, 0.2) is 29.3 Å². The normalized spacial score (nSPS) is 18.1. The van der Waals surface area contributed by atoms with Crippen molar-refractivity contribution >= 4 is 29.9 Å². The van der Waals surface area contributed by atoms with Gasteiger partial charge in [0.05, 0.1) is 13.2 Å². The first-order chi connectivity index (χ1) is 11.3. The van der Waals surface area contributed by atoms with Gasteiger partial charge in [-0.15, -0.1) is 24.0 Å². The second kappa shape index (κ2) is 10.1. The van der Waals surface area contributed by atoms with Crippen molar-refractivity contribution in [3.8, 4) is 5.75 Å². The Morgan fingerprint density at radius 2 is 1.92 bits per heavy atom. The Kier molecular flexibility index (Phi) is 8.15. The summed E-state index contributed by atoms with van der Waals surface area (Å²) in [5.41, 5.74) is 1.16. The molecule has 0 aromatic heterocycles. The lowest BCUT2D eigenvalue weighted by molar-refractivity contribution is 0.297. The molecule has 2 N–H and O–H groups in total. The van der Waals surface area contributed by atoms with Gasteiger partial charge in [-0.25, -0.2) is 4.99 Å². The second-order valence-electron chi connectivity index (χ2n) is 6.68. The van der Waals surface area contributed by atoms with Gasteiger partial charge >= 0.3 is 0 Å². The molecule has 0 radical (unpaired) electrons. The number of ether oxygens (including phenoxy) is 1. The molecule has 3 rings (SSSR count). The first kappa shape index (κ1) is 19.3. The van der Waals surface area contributed by atoms with E-state index in [1.807, 2.05) is 6.07 Å². The van der Waals surface area contributed by atoms with Crippen molar-refractivity contribution in [1.29, 1.82) is 0 Å². The molecule has 0 unspecified atom stereocenters. The summed E-state index contributed by atoms with van der Waals surface area (Å²) in [5, 5.41) is 6.92. The topological polar surface area (TPSA) is 45.7 Å². The average Bonchev–Trinajstić information content (AvgIpc) is 3.26. The predicted octanol–water partition coefficient (Wildman–Crippen LogP) is 4.09. The SMILES string of the molecule is CCNC(=NCc1ccccc1OCC1CC1)NC1CCCC1.I. The lowest BCUT2D eigenvalue weighted by atomic mass is 10.2. The average molecular weight is 443 g/mol. The second-order valence-corrected chi connectivity index (χ2v) is 6.68. The Morgan fingerprint density at radius 1 is 1.17 bits per heavy atom. The van der Waals surface area contributed by atoms with E-state index in [4.69, 9.17) is 9.73 Å². The maximum Gasteiger partial charge on any atom is 0.191 e. The fraction of sp³-hybridized carbons (Fsp3) is 0.632. The number of hydrogen-bond donors (Lipinski definition) is 2. The summed E-state index contributed by atoms with van der Waals surface area (Å²) >= 11 is 0. The zero-order chi connectivity index (χ0) is 15.9. The van der Waals surface area contributed by atoms with Crippen LogP contribution in [0, 0.1) is 5.92 Å². The number of guanidine groups is 1. The molecular weight excluding hydrogens is 413 g/mol. The Balaban J connectivity index is 0.00000208. The quantitative estimate of drug-likeness (QED) is 0.379. The molecule has 2 fully saturated rings. The lowest BCUT2D eigenvalue weighted by Crippen LogP contribution is -2.42. The van der Waals surface area contributed by atoms with Gasteiger partial charge in [-0.3, -0.25) is 0 Å². The fourth-order valence-corrected chi connectivity index (χ4v) is 3.02. The molecule has 2 aliphatic rings. The molecule has 0 heterocycles. The molecule has 0 spiro atoms. The van der Waals surface area contributed by atoms with Crippen molar-refractivity contribution in [2.75, 3.05) is 13.2 Å². The minimum Gasteiger partial charge on any atom is -0.493 e. The summed E-state index contributed by atoms with van der Waals surface area (Å²) in [7, 11) is 0. The van der Waals surface area contributed by atoms with Crippen molar-refractivity contribution in [1.82, 2.24) is 10.6 Å². The van der Waals surface area contributed by atoms with Crippen molar-refractivity contribution in [2.45, 2.75) is 58.0 Å². The summed E-state index contributed by atoms with van der Waals surface area (Å²) in [5.74, 6) is 2.68. The van der Waals surface area contributed by atoms with Crippen molar-refractivity contribution < 1.29 is 4.74 Å². The Hall–Kier alpha value is -0.980. The van der Waals surface area contributed by atoms with Crippen molar-refractivity contribution in [3.05, 3.63) is 29.8 Å². The molecule has 4 nitrogen and oxygen atoms in total. The van der Waals surface area contributed by atoms with Gasteiger partial charge in [-0.2, -0.15) is 0 Å². The van der Waals surface area contributed by atoms with Crippen molar-refractivity contribution in [2.24, 2.45) is 10.9 Å². The Morgan fingerprint density at radius 3 is 2.62 bits per heavy atom. The molecule has 2 aliphatic carbocycles. The molecule has 0 saturated heterocycles. The first-order valence-electron chi connectivity index (χ1n) is 9.10. The monoisotopic (exact) mass is 443 g/mol. The van der Waals surface area contributed by atoms with Gasteiger partial charge in [-0.1, -0.05) is 31.0 Å². The van der Waals surface area contributed by atoms with Gasteiger partial charge < -0.3 is 15.4 Å². The highest BCUT2D eigenvalue weighted by molar-refractivity contribution is 14.0. The number of nitrogens with zero attached hydrogens (tertiary/aromatic N) is 1. The van der Waals surface area contributed by atoms with Crippen molar-refractivity contribution in [3.63, 3.8) is 0 Å². The summed E-state index contributed by atoms with van der Waals surface area (Å²) in [6.45, 7) is 4.50. The molecule has 1 aromatic rings. The molecule has 0 atom stereocenters. The molecular formula is C19H30IN3O. The fourth-order valence-electron chi connectivity index (χ4n) is 3.02. The smallest absolute Gasteiger partial charge is 0.191 e. The van der Waals surface area contributed by atoms with E-state index in [0.29, 0.717) is 12.6 Å². The van der Waals surface area contributed by atoms with Gasteiger partial charge in [0.1, 0.15) is 5.75 Å². The summed E-state index contributed by atoms with van der Waals surface area (Å²) < 4.78 is 5.98. The van der Waals surface area contributed by atoms with Crippen LogP contribution in [0.3, 0.4) is 0 Å². The highest BCUT2D eigenvalue weighted by Crippen LogP contribution is 2.30. The largest absolute Gasteiger partial charge is 0.493 e. The highest BCUT2D eigenvalue weighted by Gasteiger charge is 2.22. The van der Waals surface area contributed by atoms with Crippen LogP contribution in [-0.4, -0.2) is 25.2 Å². The molecule has 24 heavy (non-hydrogen) atoms. The van der Waals surface area contributed by atoms with Gasteiger partial charge in [0.15, 0.2) is 5.96 Å². The predicted molar refractivity (Wildman–Crippen MR) is 110 cm³/mol. The van der Waals surface area contributed by atoms with E-state index in [0.717, 1.165) is 36.3 Å². The number of hydrogen-bond acceptors (Lipinski definition) is 2. The number of nitrogens with one attached hydrogen (secondary N) is 2. The summed E-state index contributed by atoms with van der Waals surface area (Å²) in [6, 6.07) is 8.85. The molecule has 0 amide bonds. The minimum absolute atomic E-state index is 0. The van der Waals surface area contributed by atoms with E-state index >= 15 is 0 Å². The van der Waals surface area contributed by atoms with Gasteiger partial charge in [0.25, 0.3) is 0 Å². The number of aliphatic imine (C=N–C) groups is 1. The highest BCUT2D eigenvalue weighted by atomic mass is 127. The molecule has 134 valence electrons. The van der Waals surface area contributed by atoms with E-state index in [1.165, 1.54) is 38.5 Å². The van der Waals surface area contributed by atoms with E-state index < -0.39 is 0 Å². The zero-order valence-corrected chi connectivity index (χ0v) is 16.9. The van der Waals surface area contributed by atoms with Crippen LogP contribution >= 0.6 is 24.0 Å². The molecule has 1 aromatic carbocycles. The van der Waals surface area contributed by atoms with E-state index in [9.17, 15) is 0 Å². The first-order valence-corrected chi connectivity index (χ1v) is 9.10.